The normalized spacial score (nSPS) is 13.1. The second-order valence-electron chi connectivity index (χ2n) is 7.36. The van der Waals surface area contributed by atoms with Crippen LogP contribution in [-0.2, 0) is 0 Å². The number of furan rings is 1. The van der Waals surface area contributed by atoms with Crippen LogP contribution in [0.2, 0.25) is 0 Å². The predicted molar refractivity (Wildman–Crippen MR) is 128 cm³/mol. The van der Waals surface area contributed by atoms with Crippen molar-refractivity contribution in [3.05, 3.63) is 93.5 Å². The molecule has 5 heteroatoms. The summed E-state index contributed by atoms with van der Waals surface area (Å²) >= 11 is 2.02. The van der Waals surface area contributed by atoms with E-state index in [4.69, 9.17) is 9.15 Å². The SMILES string of the molecule is Cc1ccc2c(c1)-c1cc(C)ccc1[SH]2c1ccc(OC(=O)c2ccc(I)o2)cc1. The average molecular weight is 526 g/mol. The number of benzene rings is 3. The highest BCUT2D eigenvalue weighted by atomic mass is 127. The van der Waals surface area contributed by atoms with Crippen molar-refractivity contribution in [1.29, 1.82) is 0 Å². The van der Waals surface area contributed by atoms with Crippen molar-refractivity contribution >= 4 is 39.5 Å². The predicted octanol–water partition coefficient (Wildman–Crippen LogP) is 7.18. The molecule has 30 heavy (non-hydrogen) atoms. The van der Waals surface area contributed by atoms with Crippen molar-refractivity contribution in [3.8, 4) is 16.9 Å². The molecule has 150 valence electrons. The monoisotopic (exact) mass is 526 g/mol. The fourth-order valence-corrected chi connectivity index (χ4v) is 6.75. The molecule has 3 aromatic carbocycles. The van der Waals surface area contributed by atoms with Crippen LogP contribution < -0.4 is 4.74 Å². The number of carbonyl (C=O) groups is 1. The molecule has 0 bridgehead atoms. The van der Waals surface area contributed by atoms with Gasteiger partial charge in [-0.05, 0) is 101 Å². The Morgan fingerprint density at radius 1 is 0.833 bits per heavy atom. The van der Waals surface area contributed by atoms with Crippen molar-refractivity contribution < 1.29 is 13.9 Å². The number of thiol groups is 1. The highest BCUT2D eigenvalue weighted by Gasteiger charge is 2.27. The number of fused-ring (bicyclic) bond motifs is 3. The van der Waals surface area contributed by atoms with Crippen molar-refractivity contribution in [2.75, 3.05) is 0 Å². The van der Waals surface area contributed by atoms with Crippen LogP contribution in [0, 0.1) is 17.6 Å². The number of hydrogen-bond donors (Lipinski definition) is 1. The van der Waals surface area contributed by atoms with E-state index < -0.39 is 16.9 Å². The summed E-state index contributed by atoms with van der Waals surface area (Å²) in [5.41, 5.74) is 5.21. The van der Waals surface area contributed by atoms with E-state index in [2.05, 4.69) is 62.4 Å². The van der Waals surface area contributed by atoms with Gasteiger partial charge in [-0.25, -0.2) is 4.79 Å². The number of rotatable bonds is 3. The largest absolute Gasteiger partial charge is 0.443 e. The molecular weight excluding hydrogens is 507 g/mol. The van der Waals surface area contributed by atoms with E-state index in [9.17, 15) is 4.79 Å². The maximum atomic E-state index is 12.2. The molecule has 0 N–H and O–H groups in total. The van der Waals surface area contributed by atoms with E-state index in [0.717, 1.165) is 0 Å². The zero-order valence-electron chi connectivity index (χ0n) is 16.5. The van der Waals surface area contributed by atoms with Gasteiger partial charge < -0.3 is 9.15 Å². The summed E-state index contributed by atoms with van der Waals surface area (Å²) in [6.45, 7) is 4.28. The van der Waals surface area contributed by atoms with Crippen LogP contribution >= 0.6 is 33.5 Å². The topological polar surface area (TPSA) is 39.4 Å². The molecule has 0 radical (unpaired) electrons. The summed E-state index contributed by atoms with van der Waals surface area (Å²) in [6, 6.07) is 24.7. The molecule has 0 spiro atoms. The Labute approximate surface area is 191 Å². The van der Waals surface area contributed by atoms with E-state index in [1.807, 2.05) is 34.7 Å². The minimum atomic E-state index is -0.630. The molecular formula is C25H19IO3S. The van der Waals surface area contributed by atoms with Crippen LogP contribution in [0.4, 0.5) is 0 Å². The molecule has 4 aromatic rings. The molecule has 5 rings (SSSR count). The highest BCUT2D eigenvalue weighted by Crippen LogP contribution is 2.62. The maximum Gasteiger partial charge on any atom is 0.379 e. The zero-order chi connectivity index (χ0) is 20.8. The minimum absolute atomic E-state index is 0.206. The molecule has 0 amide bonds. The lowest BCUT2D eigenvalue weighted by molar-refractivity contribution is 0.0699. The van der Waals surface area contributed by atoms with E-state index >= 15 is 0 Å². The van der Waals surface area contributed by atoms with E-state index in [1.165, 1.54) is 36.9 Å². The van der Waals surface area contributed by atoms with E-state index in [1.54, 1.807) is 12.1 Å². The Bertz CT molecular complexity index is 1220. The van der Waals surface area contributed by atoms with E-state index in [-0.39, 0.29) is 5.76 Å². The Morgan fingerprint density at radius 2 is 1.43 bits per heavy atom. The number of carbonyl (C=O) groups excluding carboxylic acids is 1. The summed E-state index contributed by atoms with van der Waals surface area (Å²) in [5, 5.41) is 0. The van der Waals surface area contributed by atoms with Gasteiger partial charge in [-0.1, -0.05) is 35.4 Å². The first-order valence-corrected chi connectivity index (χ1v) is 12.0. The van der Waals surface area contributed by atoms with Gasteiger partial charge in [-0.3, -0.25) is 0 Å². The molecule has 3 nitrogen and oxygen atoms in total. The number of hydrogen-bond acceptors (Lipinski definition) is 3. The van der Waals surface area contributed by atoms with Crippen LogP contribution in [0.1, 0.15) is 21.7 Å². The van der Waals surface area contributed by atoms with Crippen molar-refractivity contribution in [3.63, 3.8) is 0 Å². The fourth-order valence-electron chi connectivity index (χ4n) is 3.77. The van der Waals surface area contributed by atoms with Crippen molar-refractivity contribution in [2.45, 2.75) is 28.5 Å². The van der Waals surface area contributed by atoms with Crippen molar-refractivity contribution in [2.24, 2.45) is 0 Å². The van der Waals surface area contributed by atoms with Gasteiger partial charge in [-0.15, -0.1) is 0 Å². The van der Waals surface area contributed by atoms with Gasteiger partial charge in [0.25, 0.3) is 0 Å². The summed E-state index contributed by atoms with van der Waals surface area (Å²) < 4.78 is 11.5. The molecule has 2 heterocycles. The zero-order valence-corrected chi connectivity index (χ0v) is 19.5. The smallest absolute Gasteiger partial charge is 0.379 e. The highest BCUT2D eigenvalue weighted by molar-refractivity contribution is 14.1. The third-order valence-corrected chi connectivity index (χ3v) is 8.29. The summed E-state index contributed by atoms with van der Waals surface area (Å²) in [4.78, 5) is 16.2. The lowest BCUT2D eigenvalue weighted by atomic mass is 10.0. The van der Waals surface area contributed by atoms with Gasteiger partial charge in [0, 0.05) is 9.79 Å². The Balaban J connectivity index is 1.48. The molecule has 1 aliphatic heterocycles. The molecule has 0 unspecified atom stereocenters. The lowest BCUT2D eigenvalue weighted by Crippen LogP contribution is -2.07. The number of halogens is 1. The van der Waals surface area contributed by atoms with Gasteiger partial charge in [0.2, 0.25) is 5.76 Å². The van der Waals surface area contributed by atoms with Crippen LogP contribution in [0.15, 0.2) is 91.9 Å². The van der Waals surface area contributed by atoms with Gasteiger partial charge in [0.1, 0.15) is 5.75 Å². The number of aryl methyl sites for hydroxylation is 2. The first-order chi connectivity index (χ1) is 14.5. The Kier molecular flexibility index (Phi) is 4.95. The van der Waals surface area contributed by atoms with Gasteiger partial charge >= 0.3 is 5.97 Å². The molecule has 1 aliphatic rings. The third-order valence-electron chi connectivity index (χ3n) is 5.16. The van der Waals surface area contributed by atoms with Crippen LogP contribution in [-0.4, -0.2) is 5.97 Å². The van der Waals surface area contributed by atoms with Crippen molar-refractivity contribution in [1.82, 2.24) is 0 Å². The quantitative estimate of drug-likeness (QED) is 0.117. The van der Waals surface area contributed by atoms with Crippen LogP contribution in [0.25, 0.3) is 11.1 Å². The summed E-state index contributed by atoms with van der Waals surface area (Å²) in [5.74, 6) is 0.230. The van der Waals surface area contributed by atoms with Crippen LogP contribution in [0.5, 0.6) is 5.75 Å². The first kappa shape index (κ1) is 19.5. The van der Waals surface area contributed by atoms with E-state index in [0.29, 0.717) is 9.52 Å². The molecule has 0 fully saturated rings. The van der Waals surface area contributed by atoms with Gasteiger partial charge in [0.05, 0.1) is 0 Å². The van der Waals surface area contributed by atoms with Gasteiger partial charge in [-0.2, -0.15) is 10.9 Å². The van der Waals surface area contributed by atoms with Gasteiger partial charge in [0.15, 0.2) is 3.77 Å². The minimum Gasteiger partial charge on any atom is -0.443 e. The van der Waals surface area contributed by atoms with Crippen LogP contribution in [0.3, 0.4) is 0 Å². The molecule has 0 aliphatic carbocycles. The molecule has 0 saturated heterocycles. The standard InChI is InChI=1S/C25H19IO3S/c1-15-3-10-22-19(13-15)20-14-16(2)4-11-23(20)30(22)18-7-5-17(6-8-18)28-25(27)21-9-12-24(26)29-21/h3-14,30H,1-2H3. The molecule has 0 atom stereocenters. The summed E-state index contributed by atoms with van der Waals surface area (Å²) in [7, 11) is -0.630. The molecule has 0 saturated carbocycles. The Hall–Kier alpha value is -2.51. The number of esters is 1. The first-order valence-electron chi connectivity index (χ1n) is 9.59. The second kappa shape index (κ2) is 7.63. The lowest BCUT2D eigenvalue weighted by Gasteiger charge is -2.19. The number of ether oxygens (including phenoxy) is 1. The summed E-state index contributed by atoms with van der Waals surface area (Å²) in [6.07, 6.45) is 0. The second-order valence-corrected chi connectivity index (χ2v) is 10.6. The Morgan fingerprint density at radius 3 is 1.97 bits per heavy atom. The fraction of sp³-hybridized carbons (Fsp3) is 0.0800. The maximum absolute atomic E-state index is 12.2. The molecule has 1 aromatic heterocycles. The average Bonchev–Trinajstić information content (AvgIpc) is 3.30. The third kappa shape index (κ3) is 3.46.